The van der Waals surface area contributed by atoms with E-state index < -0.39 is 6.09 Å². The number of hydrogen-bond acceptors (Lipinski definition) is 5. The summed E-state index contributed by atoms with van der Waals surface area (Å²) in [5, 5.41) is 10.8. The molecule has 0 radical (unpaired) electrons. The number of hydrogen-bond donors (Lipinski definition) is 3. The number of carboxylic acid groups (broad SMARTS) is 1. The third kappa shape index (κ3) is 4.71. The van der Waals surface area contributed by atoms with Crippen molar-refractivity contribution in [2.45, 2.75) is 19.9 Å². The number of ether oxygens (including phenoxy) is 1. The first kappa shape index (κ1) is 15.7. The molecule has 22 heavy (non-hydrogen) atoms. The largest absolute Gasteiger partial charge is 0.465 e. The predicted molar refractivity (Wildman–Crippen MR) is 80.9 cm³/mol. The summed E-state index contributed by atoms with van der Waals surface area (Å²) in [6.45, 7) is 2.49. The number of nitrogens with two attached hydrogens (primary N) is 1. The summed E-state index contributed by atoms with van der Waals surface area (Å²) in [5.74, 6) is 1.71. The minimum Gasteiger partial charge on any atom is -0.465 e. The van der Waals surface area contributed by atoms with Crippen LogP contribution in [0.2, 0.25) is 0 Å². The molecule has 0 atom stereocenters. The lowest BCUT2D eigenvalue weighted by atomic mass is 10.1. The third-order valence-electron chi connectivity index (χ3n) is 2.91. The SMILES string of the molecule is Cc1nc(CN)cc(Oc2ccc(CCNC(=O)O)cc2)n1. The van der Waals surface area contributed by atoms with Gasteiger partial charge in [-0.1, -0.05) is 12.1 Å². The lowest BCUT2D eigenvalue weighted by Crippen LogP contribution is -2.23. The zero-order valence-corrected chi connectivity index (χ0v) is 12.2. The lowest BCUT2D eigenvalue weighted by Gasteiger charge is -2.08. The average Bonchev–Trinajstić information content (AvgIpc) is 2.48. The van der Waals surface area contributed by atoms with Crippen LogP contribution in [0.15, 0.2) is 30.3 Å². The van der Waals surface area contributed by atoms with E-state index >= 15 is 0 Å². The molecule has 0 bridgehead atoms. The molecule has 0 spiro atoms. The summed E-state index contributed by atoms with van der Waals surface area (Å²) in [7, 11) is 0. The van der Waals surface area contributed by atoms with Crippen LogP contribution in [0.3, 0.4) is 0 Å². The highest BCUT2D eigenvalue weighted by molar-refractivity contribution is 5.64. The Bertz CT molecular complexity index is 644. The van der Waals surface area contributed by atoms with Gasteiger partial charge in [-0.25, -0.2) is 9.78 Å². The summed E-state index contributed by atoms with van der Waals surface area (Å²) in [4.78, 5) is 18.8. The topological polar surface area (TPSA) is 110 Å². The lowest BCUT2D eigenvalue weighted by molar-refractivity contribution is 0.194. The van der Waals surface area contributed by atoms with E-state index in [2.05, 4.69) is 15.3 Å². The van der Waals surface area contributed by atoms with E-state index in [0.29, 0.717) is 37.0 Å². The quantitative estimate of drug-likeness (QED) is 0.751. The van der Waals surface area contributed by atoms with Crippen LogP contribution in [-0.2, 0) is 13.0 Å². The molecule has 2 rings (SSSR count). The van der Waals surface area contributed by atoms with Gasteiger partial charge in [0.15, 0.2) is 0 Å². The van der Waals surface area contributed by atoms with E-state index in [1.54, 1.807) is 13.0 Å². The van der Waals surface area contributed by atoms with E-state index in [1.165, 1.54) is 0 Å². The molecule has 7 heteroatoms. The van der Waals surface area contributed by atoms with E-state index in [9.17, 15) is 4.79 Å². The molecular weight excluding hydrogens is 284 g/mol. The molecule has 116 valence electrons. The molecule has 0 saturated carbocycles. The molecule has 7 nitrogen and oxygen atoms in total. The number of nitrogens with zero attached hydrogens (tertiary/aromatic N) is 2. The normalized spacial score (nSPS) is 10.3. The Balaban J connectivity index is 1.99. The van der Waals surface area contributed by atoms with Crippen molar-refractivity contribution in [2.75, 3.05) is 6.54 Å². The molecule has 0 saturated heterocycles. The minimum atomic E-state index is -1.02. The highest BCUT2D eigenvalue weighted by Crippen LogP contribution is 2.20. The summed E-state index contributed by atoms with van der Waals surface area (Å²) in [6, 6.07) is 9.11. The second-order valence-electron chi connectivity index (χ2n) is 4.68. The monoisotopic (exact) mass is 302 g/mol. The van der Waals surface area contributed by atoms with Crippen LogP contribution in [0.5, 0.6) is 11.6 Å². The molecule has 0 fully saturated rings. The first-order valence-electron chi connectivity index (χ1n) is 6.85. The Morgan fingerprint density at radius 1 is 1.32 bits per heavy atom. The van der Waals surface area contributed by atoms with Crippen LogP contribution in [0.1, 0.15) is 17.1 Å². The van der Waals surface area contributed by atoms with E-state index in [0.717, 1.165) is 11.3 Å². The maximum Gasteiger partial charge on any atom is 0.404 e. The molecule has 0 aliphatic heterocycles. The van der Waals surface area contributed by atoms with Gasteiger partial charge in [0.2, 0.25) is 5.88 Å². The Morgan fingerprint density at radius 3 is 2.68 bits per heavy atom. The molecule has 0 aliphatic carbocycles. The fraction of sp³-hybridized carbons (Fsp3) is 0.267. The first-order chi connectivity index (χ1) is 10.6. The fourth-order valence-electron chi connectivity index (χ4n) is 1.91. The van der Waals surface area contributed by atoms with Gasteiger partial charge < -0.3 is 20.9 Å². The van der Waals surface area contributed by atoms with E-state index in [1.807, 2.05) is 24.3 Å². The van der Waals surface area contributed by atoms with Crippen LogP contribution in [-0.4, -0.2) is 27.7 Å². The van der Waals surface area contributed by atoms with Gasteiger partial charge in [0.1, 0.15) is 11.6 Å². The molecular formula is C15H18N4O3. The van der Waals surface area contributed by atoms with Gasteiger partial charge in [-0.05, 0) is 31.0 Å². The number of aromatic nitrogens is 2. The Morgan fingerprint density at radius 2 is 2.05 bits per heavy atom. The summed E-state index contributed by atoms with van der Waals surface area (Å²) < 4.78 is 5.68. The Kier molecular flexibility index (Phi) is 5.26. The van der Waals surface area contributed by atoms with Crippen LogP contribution in [0.4, 0.5) is 4.79 Å². The molecule has 1 amide bonds. The number of rotatable bonds is 6. The van der Waals surface area contributed by atoms with Crippen molar-refractivity contribution in [1.82, 2.24) is 15.3 Å². The maximum absolute atomic E-state index is 10.4. The van der Waals surface area contributed by atoms with Gasteiger partial charge in [-0.3, -0.25) is 0 Å². The highest BCUT2D eigenvalue weighted by Gasteiger charge is 2.04. The summed E-state index contributed by atoms with van der Waals surface area (Å²) >= 11 is 0. The van der Waals surface area contributed by atoms with Gasteiger partial charge in [0.05, 0.1) is 5.69 Å². The van der Waals surface area contributed by atoms with Gasteiger partial charge in [-0.2, -0.15) is 4.98 Å². The van der Waals surface area contributed by atoms with Crippen LogP contribution >= 0.6 is 0 Å². The summed E-state index contributed by atoms with van der Waals surface area (Å²) in [6.07, 6.45) is -0.397. The smallest absolute Gasteiger partial charge is 0.404 e. The first-order valence-corrected chi connectivity index (χ1v) is 6.85. The van der Waals surface area contributed by atoms with Crippen molar-refractivity contribution in [3.05, 3.63) is 47.4 Å². The van der Waals surface area contributed by atoms with Crippen molar-refractivity contribution in [2.24, 2.45) is 5.73 Å². The number of nitrogens with one attached hydrogen (secondary N) is 1. The van der Waals surface area contributed by atoms with Crippen LogP contribution < -0.4 is 15.8 Å². The number of benzene rings is 1. The molecule has 4 N–H and O–H groups in total. The number of carbonyl (C=O) groups is 1. The summed E-state index contributed by atoms with van der Waals surface area (Å²) in [5.41, 5.74) is 7.31. The second kappa shape index (κ2) is 7.37. The van der Waals surface area contributed by atoms with Crippen molar-refractivity contribution < 1.29 is 14.6 Å². The molecule has 1 aromatic carbocycles. The second-order valence-corrected chi connectivity index (χ2v) is 4.68. The number of aryl methyl sites for hydroxylation is 1. The van der Waals surface area contributed by atoms with E-state index in [4.69, 9.17) is 15.6 Å². The zero-order chi connectivity index (χ0) is 15.9. The third-order valence-corrected chi connectivity index (χ3v) is 2.91. The molecule has 1 aromatic heterocycles. The van der Waals surface area contributed by atoms with Crippen molar-refractivity contribution in [3.63, 3.8) is 0 Å². The van der Waals surface area contributed by atoms with Gasteiger partial charge in [0, 0.05) is 19.2 Å². The fourth-order valence-corrected chi connectivity index (χ4v) is 1.91. The molecule has 0 unspecified atom stereocenters. The highest BCUT2D eigenvalue weighted by atomic mass is 16.5. The molecule has 0 aliphatic rings. The predicted octanol–water partition coefficient (Wildman–Crippen LogP) is 1.85. The molecule has 2 aromatic rings. The van der Waals surface area contributed by atoms with Gasteiger partial charge in [0.25, 0.3) is 0 Å². The van der Waals surface area contributed by atoms with Crippen molar-refractivity contribution in [3.8, 4) is 11.6 Å². The van der Waals surface area contributed by atoms with Crippen LogP contribution in [0, 0.1) is 6.92 Å². The van der Waals surface area contributed by atoms with Crippen LogP contribution in [0.25, 0.3) is 0 Å². The standard InChI is InChI=1S/C15H18N4O3/c1-10-18-12(9-16)8-14(19-10)22-13-4-2-11(3-5-13)6-7-17-15(20)21/h2-5,8,17H,6-7,9,16H2,1H3,(H,20,21). The Hall–Kier alpha value is -2.67. The minimum absolute atomic E-state index is 0.329. The van der Waals surface area contributed by atoms with E-state index in [-0.39, 0.29) is 0 Å². The maximum atomic E-state index is 10.4. The van der Waals surface area contributed by atoms with Crippen molar-refractivity contribution in [1.29, 1.82) is 0 Å². The number of amides is 1. The Labute approximate surface area is 128 Å². The van der Waals surface area contributed by atoms with Gasteiger partial charge in [-0.15, -0.1) is 0 Å². The average molecular weight is 302 g/mol. The van der Waals surface area contributed by atoms with Gasteiger partial charge >= 0.3 is 6.09 Å². The molecule has 1 heterocycles. The zero-order valence-electron chi connectivity index (χ0n) is 12.2. The van der Waals surface area contributed by atoms with Crippen molar-refractivity contribution >= 4 is 6.09 Å².